The third-order valence-electron chi connectivity index (χ3n) is 4.43. The molecule has 1 aliphatic rings. The number of pyridine rings is 1. The Morgan fingerprint density at radius 3 is 2.58 bits per heavy atom. The van der Waals surface area contributed by atoms with Crippen molar-refractivity contribution in [3.63, 3.8) is 0 Å². The first-order valence-electron chi connectivity index (χ1n) is 9.18. The van der Waals surface area contributed by atoms with Crippen molar-refractivity contribution in [1.82, 2.24) is 4.98 Å². The molecule has 1 aliphatic carbocycles. The van der Waals surface area contributed by atoms with Gasteiger partial charge in [0.1, 0.15) is 5.00 Å². The summed E-state index contributed by atoms with van der Waals surface area (Å²) in [7, 11) is 0. The van der Waals surface area contributed by atoms with Gasteiger partial charge < -0.3 is 15.4 Å². The van der Waals surface area contributed by atoms with Gasteiger partial charge in [-0.3, -0.25) is 9.59 Å². The van der Waals surface area contributed by atoms with Gasteiger partial charge in [-0.2, -0.15) is 13.2 Å². The molecule has 7 nitrogen and oxygen atoms in total. The monoisotopic (exact) mass is 475 g/mol. The zero-order valence-corrected chi connectivity index (χ0v) is 17.8. The number of fused-ring (bicyclic) bond motifs is 1. The van der Waals surface area contributed by atoms with Gasteiger partial charge in [0.2, 0.25) is 5.91 Å². The second-order valence-electron chi connectivity index (χ2n) is 6.77. The molecule has 2 N–H and O–H groups in total. The normalized spacial score (nSPS) is 13.3. The van der Waals surface area contributed by atoms with E-state index in [1.165, 1.54) is 18.3 Å². The lowest BCUT2D eigenvalue weighted by molar-refractivity contribution is -0.137. The number of alkyl halides is 3. The summed E-state index contributed by atoms with van der Waals surface area (Å²) >= 11 is 7.06. The summed E-state index contributed by atoms with van der Waals surface area (Å²) in [5.41, 5.74) is -0.0269. The predicted molar refractivity (Wildman–Crippen MR) is 108 cm³/mol. The Kier molecular flexibility index (Phi) is 6.85. The summed E-state index contributed by atoms with van der Waals surface area (Å²) in [4.78, 5) is 40.7. The number of anilines is 2. The molecule has 0 aromatic carbocycles. The minimum absolute atomic E-state index is 0.230. The molecule has 2 amide bonds. The maximum atomic E-state index is 12.7. The number of carbonyl (C=O) groups is 3. The van der Waals surface area contributed by atoms with Crippen LogP contribution in [-0.4, -0.2) is 29.4 Å². The standard InChI is InChI=1S/C19H17ClF3N3O4S/c1-9(27)25-17-15(11-4-2-3-5-13(11)31-17)18(29)30-8-14(28)26-16-12(20)6-10(7-24-16)19(21,22)23/h6-7H,2-5,8H2,1H3,(H,25,27)(H,24,26,28). The van der Waals surface area contributed by atoms with Crippen molar-refractivity contribution in [2.24, 2.45) is 0 Å². The van der Waals surface area contributed by atoms with Crippen LogP contribution in [0.3, 0.4) is 0 Å². The molecule has 12 heteroatoms. The van der Waals surface area contributed by atoms with Crippen LogP contribution in [0.1, 0.15) is 46.1 Å². The number of aromatic nitrogens is 1. The van der Waals surface area contributed by atoms with Gasteiger partial charge in [0, 0.05) is 18.0 Å². The Morgan fingerprint density at radius 1 is 1.23 bits per heavy atom. The number of amides is 2. The highest BCUT2D eigenvalue weighted by Gasteiger charge is 2.32. The van der Waals surface area contributed by atoms with E-state index in [1.807, 2.05) is 0 Å². The summed E-state index contributed by atoms with van der Waals surface area (Å²) < 4.78 is 43.1. The van der Waals surface area contributed by atoms with E-state index in [0.29, 0.717) is 23.7 Å². The average Bonchev–Trinajstić information content (AvgIpc) is 3.04. The highest BCUT2D eigenvalue weighted by atomic mass is 35.5. The van der Waals surface area contributed by atoms with Crippen LogP contribution >= 0.6 is 22.9 Å². The first-order valence-corrected chi connectivity index (χ1v) is 10.4. The van der Waals surface area contributed by atoms with E-state index in [2.05, 4.69) is 15.6 Å². The number of rotatable bonds is 5. The first kappa shape index (κ1) is 23.0. The van der Waals surface area contributed by atoms with Crippen molar-refractivity contribution in [3.8, 4) is 0 Å². The molecule has 2 aromatic heterocycles. The minimum atomic E-state index is -4.63. The molecule has 0 spiro atoms. The van der Waals surface area contributed by atoms with Crippen molar-refractivity contribution in [2.75, 3.05) is 17.2 Å². The number of halogens is 4. The van der Waals surface area contributed by atoms with E-state index in [9.17, 15) is 27.6 Å². The highest BCUT2D eigenvalue weighted by Crippen LogP contribution is 2.38. The van der Waals surface area contributed by atoms with Gasteiger partial charge in [0.05, 0.1) is 16.1 Å². The quantitative estimate of drug-likeness (QED) is 0.623. The zero-order chi connectivity index (χ0) is 22.8. The topological polar surface area (TPSA) is 97.4 Å². The molecule has 3 rings (SSSR count). The molecule has 2 heterocycles. The maximum Gasteiger partial charge on any atom is 0.417 e. The molecule has 0 bridgehead atoms. The molecule has 0 fully saturated rings. The van der Waals surface area contributed by atoms with E-state index in [4.69, 9.17) is 16.3 Å². The van der Waals surface area contributed by atoms with Crippen LogP contribution in [0, 0.1) is 0 Å². The number of nitrogens with zero attached hydrogens (tertiary/aromatic N) is 1. The Hall–Kier alpha value is -2.66. The summed E-state index contributed by atoms with van der Waals surface area (Å²) in [5, 5.41) is 4.79. The molecule has 0 radical (unpaired) electrons. The number of carbonyl (C=O) groups excluding carboxylic acids is 3. The maximum absolute atomic E-state index is 12.7. The smallest absolute Gasteiger partial charge is 0.417 e. The first-order chi connectivity index (χ1) is 14.6. The van der Waals surface area contributed by atoms with Crippen LogP contribution in [-0.2, 0) is 33.3 Å². The van der Waals surface area contributed by atoms with Crippen molar-refractivity contribution in [2.45, 2.75) is 38.8 Å². The SMILES string of the molecule is CC(=O)Nc1sc2c(c1C(=O)OCC(=O)Nc1ncc(C(F)(F)F)cc1Cl)CCCC2. The summed E-state index contributed by atoms with van der Waals surface area (Å²) in [5.74, 6) is -2.23. The van der Waals surface area contributed by atoms with Gasteiger partial charge in [-0.1, -0.05) is 11.6 Å². The van der Waals surface area contributed by atoms with Crippen molar-refractivity contribution >= 4 is 51.5 Å². The fraction of sp³-hybridized carbons (Fsp3) is 0.368. The molecule has 2 aromatic rings. The Morgan fingerprint density at radius 2 is 1.94 bits per heavy atom. The molecular formula is C19H17ClF3N3O4S. The van der Waals surface area contributed by atoms with Crippen molar-refractivity contribution < 1.29 is 32.3 Å². The molecular weight excluding hydrogens is 459 g/mol. The van der Waals surface area contributed by atoms with Crippen LogP contribution in [0.15, 0.2) is 12.3 Å². The van der Waals surface area contributed by atoms with Gasteiger partial charge >= 0.3 is 12.1 Å². The lowest BCUT2D eigenvalue weighted by Gasteiger charge is -2.13. The van der Waals surface area contributed by atoms with E-state index in [-0.39, 0.29) is 17.3 Å². The van der Waals surface area contributed by atoms with Crippen LogP contribution in [0.2, 0.25) is 5.02 Å². The van der Waals surface area contributed by atoms with Gasteiger partial charge in [-0.15, -0.1) is 11.3 Å². The Labute approximate surface area is 183 Å². The fourth-order valence-corrected chi connectivity index (χ4v) is 4.62. The summed E-state index contributed by atoms with van der Waals surface area (Å²) in [6.07, 6.45) is -0.774. The van der Waals surface area contributed by atoms with Gasteiger partial charge in [-0.05, 0) is 37.3 Å². The van der Waals surface area contributed by atoms with Crippen LogP contribution in [0.4, 0.5) is 24.0 Å². The average molecular weight is 476 g/mol. The molecule has 0 atom stereocenters. The van der Waals surface area contributed by atoms with Gasteiger partial charge in [0.15, 0.2) is 12.4 Å². The van der Waals surface area contributed by atoms with Gasteiger partial charge in [0.25, 0.3) is 5.91 Å². The molecule has 31 heavy (non-hydrogen) atoms. The second-order valence-corrected chi connectivity index (χ2v) is 8.29. The predicted octanol–water partition coefficient (Wildman–Crippen LogP) is 4.45. The van der Waals surface area contributed by atoms with E-state index < -0.39 is 35.2 Å². The second kappa shape index (κ2) is 9.23. The number of hydrogen-bond donors (Lipinski definition) is 2. The number of ether oxygens (including phenoxy) is 1. The van der Waals surface area contributed by atoms with Crippen LogP contribution in [0.25, 0.3) is 0 Å². The zero-order valence-electron chi connectivity index (χ0n) is 16.2. The Balaban J connectivity index is 1.68. The summed E-state index contributed by atoms with van der Waals surface area (Å²) in [6, 6.07) is 0.632. The highest BCUT2D eigenvalue weighted by molar-refractivity contribution is 7.17. The number of hydrogen-bond acceptors (Lipinski definition) is 6. The summed E-state index contributed by atoms with van der Waals surface area (Å²) in [6.45, 7) is 0.615. The van der Waals surface area contributed by atoms with E-state index in [1.54, 1.807) is 0 Å². The van der Waals surface area contributed by atoms with E-state index in [0.717, 1.165) is 29.7 Å². The van der Waals surface area contributed by atoms with E-state index >= 15 is 0 Å². The third-order valence-corrected chi connectivity index (χ3v) is 5.92. The molecule has 0 saturated carbocycles. The molecule has 0 saturated heterocycles. The minimum Gasteiger partial charge on any atom is -0.452 e. The molecule has 0 unspecified atom stereocenters. The van der Waals surface area contributed by atoms with Crippen molar-refractivity contribution in [3.05, 3.63) is 38.9 Å². The Bertz CT molecular complexity index is 1040. The largest absolute Gasteiger partial charge is 0.452 e. The number of thiophene rings is 1. The van der Waals surface area contributed by atoms with Crippen molar-refractivity contribution in [1.29, 1.82) is 0 Å². The van der Waals surface area contributed by atoms with Crippen LogP contribution in [0.5, 0.6) is 0 Å². The molecule has 0 aliphatic heterocycles. The molecule has 166 valence electrons. The lowest BCUT2D eigenvalue weighted by Crippen LogP contribution is -2.23. The number of nitrogens with one attached hydrogen (secondary N) is 2. The lowest BCUT2D eigenvalue weighted by atomic mass is 9.95. The number of esters is 1. The third kappa shape index (κ3) is 5.53. The van der Waals surface area contributed by atoms with Crippen LogP contribution < -0.4 is 10.6 Å². The fourth-order valence-electron chi connectivity index (χ4n) is 3.09. The number of aryl methyl sites for hydroxylation is 1. The van der Waals surface area contributed by atoms with Gasteiger partial charge in [-0.25, -0.2) is 9.78 Å².